The molecule has 5 nitrogen and oxygen atoms in total. The first kappa shape index (κ1) is 16.2. The number of rotatable bonds is 6. The van der Waals surface area contributed by atoms with Gasteiger partial charge < -0.3 is 14.8 Å². The molecule has 0 aliphatic carbocycles. The molecule has 0 saturated carbocycles. The highest BCUT2D eigenvalue weighted by Gasteiger charge is 2.06. The van der Waals surface area contributed by atoms with E-state index >= 15 is 0 Å². The lowest BCUT2D eigenvalue weighted by molar-refractivity contribution is -0.135. The maximum Gasteiger partial charge on any atom is 0.371 e. The van der Waals surface area contributed by atoms with E-state index in [0.29, 0.717) is 18.3 Å². The number of aliphatic hydroxyl groups excluding tert-OH is 1. The van der Waals surface area contributed by atoms with Crippen molar-refractivity contribution < 1.29 is 24.2 Å². The van der Waals surface area contributed by atoms with E-state index < -0.39 is 17.5 Å². The number of ketones is 1. The Labute approximate surface area is 131 Å². The standard InChI is InChI=1S/C17H14FNO4/c18-13-4-1-3-12(9-13)11-19-8-2-5-14(19)6-7-15(20)10-16(21)17(22)23/h1-10,21H,11H2,(H,22,23)/b7-6+,16-10-. The zero-order valence-corrected chi connectivity index (χ0v) is 12.0. The van der Waals surface area contributed by atoms with E-state index in [1.165, 1.54) is 18.2 Å². The van der Waals surface area contributed by atoms with E-state index in [1.54, 1.807) is 35.0 Å². The molecule has 0 saturated heterocycles. The van der Waals surface area contributed by atoms with Gasteiger partial charge in [0.2, 0.25) is 5.76 Å². The second kappa shape index (κ2) is 7.22. The number of carbonyl (C=O) groups is 2. The first-order valence-electron chi connectivity index (χ1n) is 6.71. The van der Waals surface area contributed by atoms with Crippen LogP contribution in [0.4, 0.5) is 4.39 Å². The summed E-state index contributed by atoms with van der Waals surface area (Å²) in [6.45, 7) is 0.425. The van der Waals surface area contributed by atoms with E-state index in [-0.39, 0.29) is 5.82 Å². The van der Waals surface area contributed by atoms with Gasteiger partial charge in [-0.3, -0.25) is 4.79 Å². The van der Waals surface area contributed by atoms with Crippen molar-refractivity contribution in [1.82, 2.24) is 4.57 Å². The molecule has 6 heteroatoms. The number of allylic oxidation sites excluding steroid dienone is 2. The van der Waals surface area contributed by atoms with Crippen LogP contribution < -0.4 is 0 Å². The fourth-order valence-electron chi connectivity index (χ4n) is 1.97. The quantitative estimate of drug-likeness (QED) is 0.634. The third kappa shape index (κ3) is 4.67. The minimum Gasteiger partial charge on any atom is -0.502 e. The maximum absolute atomic E-state index is 13.2. The van der Waals surface area contributed by atoms with Crippen LogP contribution in [0.2, 0.25) is 0 Å². The summed E-state index contributed by atoms with van der Waals surface area (Å²) < 4.78 is 15.0. The van der Waals surface area contributed by atoms with Crippen molar-refractivity contribution in [3.8, 4) is 0 Å². The second-order valence-electron chi connectivity index (χ2n) is 4.76. The van der Waals surface area contributed by atoms with Crippen LogP contribution in [-0.4, -0.2) is 26.5 Å². The number of halogens is 1. The molecule has 0 radical (unpaired) electrons. The fourth-order valence-corrected chi connectivity index (χ4v) is 1.97. The Morgan fingerprint density at radius 3 is 2.65 bits per heavy atom. The highest BCUT2D eigenvalue weighted by atomic mass is 19.1. The van der Waals surface area contributed by atoms with Crippen molar-refractivity contribution in [2.75, 3.05) is 0 Å². The highest BCUT2D eigenvalue weighted by molar-refractivity contribution is 6.05. The Morgan fingerprint density at radius 2 is 1.96 bits per heavy atom. The summed E-state index contributed by atoms with van der Waals surface area (Å²) >= 11 is 0. The Morgan fingerprint density at radius 1 is 1.17 bits per heavy atom. The number of hydrogen-bond donors (Lipinski definition) is 2. The predicted octanol–water partition coefficient (Wildman–Crippen LogP) is 2.78. The maximum atomic E-state index is 13.2. The lowest BCUT2D eigenvalue weighted by atomic mass is 10.2. The van der Waals surface area contributed by atoms with E-state index in [9.17, 15) is 14.0 Å². The molecular weight excluding hydrogens is 301 g/mol. The fraction of sp³-hybridized carbons (Fsp3) is 0.0588. The molecule has 118 valence electrons. The minimum absolute atomic E-state index is 0.323. The van der Waals surface area contributed by atoms with Crippen LogP contribution in [0.3, 0.4) is 0 Å². The third-order valence-electron chi connectivity index (χ3n) is 3.02. The first-order valence-corrected chi connectivity index (χ1v) is 6.71. The lowest BCUT2D eigenvalue weighted by Gasteiger charge is -2.06. The number of aliphatic hydroxyl groups is 1. The van der Waals surface area contributed by atoms with Crippen LogP contribution in [0, 0.1) is 5.82 Å². The van der Waals surface area contributed by atoms with Crippen LogP contribution in [0.25, 0.3) is 6.08 Å². The largest absolute Gasteiger partial charge is 0.502 e. The van der Waals surface area contributed by atoms with Gasteiger partial charge in [0.1, 0.15) is 5.82 Å². The molecule has 0 unspecified atom stereocenters. The topological polar surface area (TPSA) is 79.5 Å². The number of aromatic nitrogens is 1. The van der Waals surface area contributed by atoms with Crippen LogP contribution in [0.1, 0.15) is 11.3 Å². The first-order chi connectivity index (χ1) is 11.0. The summed E-state index contributed by atoms with van der Waals surface area (Å²) in [5.41, 5.74) is 1.46. The van der Waals surface area contributed by atoms with E-state index in [0.717, 1.165) is 11.6 Å². The zero-order valence-electron chi connectivity index (χ0n) is 12.0. The number of carboxylic acid groups (broad SMARTS) is 1. The predicted molar refractivity (Wildman–Crippen MR) is 82.3 cm³/mol. The van der Waals surface area contributed by atoms with Crippen molar-refractivity contribution >= 4 is 17.8 Å². The smallest absolute Gasteiger partial charge is 0.371 e. The molecule has 23 heavy (non-hydrogen) atoms. The molecule has 2 N–H and O–H groups in total. The van der Waals surface area contributed by atoms with Crippen LogP contribution >= 0.6 is 0 Å². The molecule has 0 amide bonds. The molecule has 0 fully saturated rings. The summed E-state index contributed by atoms with van der Waals surface area (Å²) in [6.07, 6.45) is 5.04. The third-order valence-corrected chi connectivity index (χ3v) is 3.02. The highest BCUT2D eigenvalue weighted by Crippen LogP contribution is 2.11. The van der Waals surface area contributed by atoms with Gasteiger partial charge in [0.25, 0.3) is 0 Å². The minimum atomic E-state index is -1.57. The van der Waals surface area contributed by atoms with Crippen molar-refractivity contribution in [3.63, 3.8) is 0 Å². The van der Waals surface area contributed by atoms with Crippen molar-refractivity contribution in [2.45, 2.75) is 6.54 Å². The van der Waals surface area contributed by atoms with Gasteiger partial charge >= 0.3 is 5.97 Å². The number of hydrogen-bond acceptors (Lipinski definition) is 3. The van der Waals surface area contributed by atoms with E-state index in [1.807, 2.05) is 0 Å². The van der Waals surface area contributed by atoms with Crippen LogP contribution in [0.15, 0.2) is 60.5 Å². The summed E-state index contributed by atoms with van der Waals surface area (Å²) in [7, 11) is 0. The van der Waals surface area contributed by atoms with Gasteiger partial charge in [-0.1, -0.05) is 12.1 Å². The van der Waals surface area contributed by atoms with Crippen molar-refractivity contribution in [2.24, 2.45) is 0 Å². The van der Waals surface area contributed by atoms with E-state index in [4.69, 9.17) is 10.2 Å². The molecule has 0 atom stereocenters. The average Bonchev–Trinajstić information content (AvgIpc) is 2.92. The monoisotopic (exact) mass is 315 g/mol. The average molecular weight is 315 g/mol. The van der Waals surface area contributed by atoms with E-state index in [2.05, 4.69) is 0 Å². The SMILES string of the molecule is O=C(/C=C(\O)C(=O)O)/C=C/c1cccn1Cc1cccc(F)c1. The van der Waals surface area contributed by atoms with Gasteiger partial charge in [-0.25, -0.2) is 9.18 Å². The summed E-state index contributed by atoms with van der Waals surface area (Å²) in [4.78, 5) is 21.9. The second-order valence-corrected chi connectivity index (χ2v) is 4.76. The van der Waals surface area contributed by atoms with Gasteiger partial charge in [0.15, 0.2) is 5.78 Å². The van der Waals surface area contributed by atoms with Gasteiger partial charge in [0.05, 0.1) is 0 Å². The molecule has 1 aromatic heterocycles. The molecule has 2 rings (SSSR count). The molecule has 2 aromatic rings. The Balaban J connectivity index is 2.12. The number of aliphatic carboxylic acids is 1. The molecule has 1 heterocycles. The molecule has 0 aliphatic heterocycles. The zero-order chi connectivity index (χ0) is 16.8. The number of carboxylic acids is 1. The Hall–Kier alpha value is -3.15. The number of nitrogens with zero attached hydrogens (tertiary/aromatic N) is 1. The molecule has 0 aliphatic rings. The van der Waals surface area contributed by atoms with Crippen molar-refractivity contribution in [3.05, 3.63) is 77.6 Å². The van der Waals surface area contributed by atoms with Gasteiger partial charge in [0, 0.05) is 24.5 Å². The van der Waals surface area contributed by atoms with Crippen LogP contribution in [0.5, 0.6) is 0 Å². The summed E-state index contributed by atoms with van der Waals surface area (Å²) in [5, 5.41) is 17.5. The molecular formula is C17H14FNO4. The van der Waals surface area contributed by atoms with Gasteiger partial charge in [-0.15, -0.1) is 0 Å². The normalized spacial score (nSPS) is 11.8. The van der Waals surface area contributed by atoms with Crippen LogP contribution in [-0.2, 0) is 16.1 Å². The number of carbonyl (C=O) groups excluding carboxylic acids is 1. The Bertz CT molecular complexity index is 789. The summed E-state index contributed by atoms with van der Waals surface area (Å²) in [6, 6.07) is 9.71. The van der Waals surface area contributed by atoms with Gasteiger partial charge in [-0.05, 0) is 42.0 Å². The van der Waals surface area contributed by atoms with Crippen molar-refractivity contribution in [1.29, 1.82) is 0 Å². The molecule has 0 spiro atoms. The lowest BCUT2D eigenvalue weighted by Crippen LogP contribution is -2.02. The summed E-state index contributed by atoms with van der Waals surface area (Å²) in [5.74, 6) is -3.56. The van der Waals surface area contributed by atoms with Gasteiger partial charge in [-0.2, -0.15) is 0 Å². The number of benzene rings is 1. The molecule has 1 aromatic carbocycles. The Kier molecular flexibility index (Phi) is 5.09. The molecule has 0 bridgehead atoms.